The smallest absolute Gasteiger partial charge is 0.372 e. The van der Waals surface area contributed by atoms with Crippen molar-refractivity contribution in [1.29, 1.82) is 0 Å². The van der Waals surface area contributed by atoms with E-state index in [0.717, 1.165) is 34.4 Å². The van der Waals surface area contributed by atoms with Crippen LogP contribution in [0, 0.1) is 0 Å². The maximum absolute atomic E-state index is 12.7. The van der Waals surface area contributed by atoms with Gasteiger partial charge < -0.3 is 5.32 Å². The lowest BCUT2D eigenvalue weighted by Crippen LogP contribution is -2.04. The van der Waals surface area contributed by atoms with E-state index >= 15 is 0 Å². The Bertz CT molecular complexity index is 892. The van der Waals surface area contributed by atoms with Crippen LogP contribution in [0.3, 0.4) is 0 Å². The van der Waals surface area contributed by atoms with E-state index in [-0.39, 0.29) is 0 Å². The fourth-order valence-corrected chi connectivity index (χ4v) is 3.10. The van der Waals surface area contributed by atoms with Crippen molar-refractivity contribution in [1.82, 2.24) is 9.97 Å². The Morgan fingerprint density at radius 3 is 2.28 bits per heavy atom. The summed E-state index contributed by atoms with van der Waals surface area (Å²) in [4.78, 5) is 9.00. The minimum Gasteiger partial charge on any atom is -0.372 e. The van der Waals surface area contributed by atoms with E-state index in [1.165, 1.54) is 12.1 Å². The number of hydrogen-bond donors (Lipinski definition) is 1. The molecule has 0 saturated carbocycles. The molecule has 3 rings (SSSR count). The molecule has 0 bridgehead atoms. The minimum absolute atomic E-state index is 0.655. The Morgan fingerprint density at radius 2 is 1.68 bits per heavy atom. The summed E-state index contributed by atoms with van der Waals surface area (Å²) in [7, 11) is 1.78. The third kappa shape index (κ3) is 3.71. The second-order valence-corrected chi connectivity index (χ2v) is 6.58. The van der Waals surface area contributed by atoms with Gasteiger partial charge in [-0.2, -0.15) is 13.2 Å². The summed E-state index contributed by atoms with van der Waals surface area (Å²) < 4.78 is 38.1. The molecule has 1 aromatic heterocycles. The number of nitrogens with one attached hydrogen (secondary N) is 1. The fraction of sp³-hybridized carbons (Fsp3) is 0.222. The number of aromatic nitrogens is 2. The average molecular weight is 363 g/mol. The first-order chi connectivity index (χ1) is 11.9. The van der Waals surface area contributed by atoms with Crippen LogP contribution in [0.25, 0.3) is 22.0 Å². The molecule has 2 aromatic carbocycles. The molecule has 130 valence electrons. The lowest BCUT2D eigenvalue weighted by Gasteiger charge is -2.10. The molecule has 0 aliphatic heterocycles. The number of thioether (sulfide) groups is 1. The molecule has 0 fully saturated rings. The number of hydrogen-bond acceptors (Lipinski definition) is 4. The molecule has 1 heterocycles. The summed E-state index contributed by atoms with van der Waals surface area (Å²) in [5, 5.41) is 4.59. The van der Waals surface area contributed by atoms with Gasteiger partial charge in [0.1, 0.15) is 5.82 Å². The van der Waals surface area contributed by atoms with Gasteiger partial charge in [0.15, 0.2) is 5.16 Å². The Kier molecular flexibility index (Phi) is 4.85. The van der Waals surface area contributed by atoms with Gasteiger partial charge in [-0.25, -0.2) is 9.97 Å². The van der Waals surface area contributed by atoms with Crippen LogP contribution in [-0.4, -0.2) is 22.8 Å². The summed E-state index contributed by atoms with van der Waals surface area (Å²) in [5.41, 5.74) is 1.67. The van der Waals surface area contributed by atoms with Gasteiger partial charge in [-0.05, 0) is 41.1 Å². The zero-order chi connectivity index (χ0) is 18.0. The summed E-state index contributed by atoms with van der Waals surface area (Å²) in [6.45, 7) is 2.03. The van der Waals surface area contributed by atoms with Gasteiger partial charge in [0.2, 0.25) is 0 Å². The number of fused-ring (bicyclic) bond motifs is 1. The summed E-state index contributed by atoms with van der Waals surface area (Å²) in [5.74, 6) is 1.58. The first-order valence-electron chi connectivity index (χ1n) is 7.72. The second-order valence-electron chi connectivity index (χ2n) is 5.34. The van der Waals surface area contributed by atoms with Crippen molar-refractivity contribution in [2.45, 2.75) is 18.3 Å². The molecule has 1 N–H and O–H groups in total. The number of halogens is 3. The molecule has 25 heavy (non-hydrogen) atoms. The van der Waals surface area contributed by atoms with Gasteiger partial charge in [-0.1, -0.05) is 36.9 Å². The second kappa shape index (κ2) is 6.92. The zero-order valence-electron chi connectivity index (χ0n) is 13.7. The van der Waals surface area contributed by atoms with Gasteiger partial charge in [-0.3, -0.25) is 0 Å². The van der Waals surface area contributed by atoms with E-state index in [2.05, 4.69) is 15.3 Å². The van der Waals surface area contributed by atoms with E-state index in [1.807, 2.05) is 25.1 Å². The first-order valence-corrected chi connectivity index (χ1v) is 8.71. The van der Waals surface area contributed by atoms with Crippen molar-refractivity contribution in [2.75, 3.05) is 18.1 Å². The van der Waals surface area contributed by atoms with Crippen LogP contribution >= 0.6 is 11.8 Å². The molecule has 0 aliphatic carbocycles. The molecule has 0 saturated heterocycles. The minimum atomic E-state index is -4.33. The Labute approximate surface area is 147 Å². The Morgan fingerprint density at radius 1 is 1.00 bits per heavy atom. The number of anilines is 1. The molecule has 0 spiro atoms. The lowest BCUT2D eigenvalue weighted by atomic mass is 10.0. The molecule has 3 aromatic rings. The maximum Gasteiger partial charge on any atom is 0.416 e. The topological polar surface area (TPSA) is 37.8 Å². The number of alkyl halides is 3. The van der Waals surface area contributed by atoms with Crippen LogP contribution < -0.4 is 5.32 Å². The highest BCUT2D eigenvalue weighted by Crippen LogP contribution is 2.32. The predicted molar refractivity (Wildman–Crippen MR) is 95.9 cm³/mol. The molecule has 0 atom stereocenters. The van der Waals surface area contributed by atoms with E-state index in [9.17, 15) is 13.2 Å². The quantitative estimate of drug-likeness (QED) is 0.493. The first kappa shape index (κ1) is 17.5. The largest absolute Gasteiger partial charge is 0.416 e. The third-order valence-electron chi connectivity index (χ3n) is 3.73. The van der Waals surface area contributed by atoms with E-state index in [1.54, 1.807) is 18.8 Å². The van der Waals surface area contributed by atoms with Crippen LogP contribution in [0.5, 0.6) is 0 Å². The van der Waals surface area contributed by atoms with Crippen molar-refractivity contribution < 1.29 is 13.2 Å². The van der Waals surface area contributed by atoms with Crippen molar-refractivity contribution in [3.05, 3.63) is 48.0 Å². The molecule has 0 radical (unpaired) electrons. The predicted octanol–water partition coefficient (Wildman–Crippen LogP) is 5.47. The Hall–Kier alpha value is -2.28. The van der Waals surface area contributed by atoms with Crippen molar-refractivity contribution in [2.24, 2.45) is 0 Å². The van der Waals surface area contributed by atoms with Crippen LogP contribution in [0.1, 0.15) is 12.5 Å². The van der Waals surface area contributed by atoms with Gasteiger partial charge >= 0.3 is 6.18 Å². The number of rotatable bonds is 4. The number of benzene rings is 2. The average Bonchev–Trinajstić information content (AvgIpc) is 2.60. The normalized spacial score (nSPS) is 11.7. The SMILES string of the molecule is CCSc1nc(NC)c2cc(-c3ccc(C(F)(F)F)cc3)ccc2n1. The van der Waals surface area contributed by atoms with Gasteiger partial charge in [0.05, 0.1) is 11.1 Å². The monoisotopic (exact) mass is 363 g/mol. The fourth-order valence-electron chi connectivity index (χ4n) is 2.52. The molecule has 0 unspecified atom stereocenters. The van der Waals surface area contributed by atoms with Crippen molar-refractivity contribution in [3.63, 3.8) is 0 Å². The van der Waals surface area contributed by atoms with Crippen LogP contribution in [0.15, 0.2) is 47.6 Å². The summed E-state index contributed by atoms with van der Waals surface area (Å²) in [6, 6.07) is 10.8. The molecular weight excluding hydrogens is 347 g/mol. The molecule has 0 amide bonds. The van der Waals surface area contributed by atoms with E-state index in [4.69, 9.17) is 0 Å². The van der Waals surface area contributed by atoms with Crippen LogP contribution in [0.2, 0.25) is 0 Å². The zero-order valence-corrected chi connectivity index (χ0v) is 14.5. The third-order valence-corrected chi connectivity index (χ3v) is 4.46. The highest BCUT2D eigenvalue weighted by atomic mass is 32.2. The van der Waals surface area contributed by atoms with Crippen molar-refractivity contribution >= 4 is 28.5 Å². The molecule has 7 heteroatoms. The standard InChI is InChI=1S/C18H16F3N3S/c1-3-25-17-23-15-9-6-12(10-14(15)16(22-2)24-17)11-4-7-13(8-5-11)18(19,20)21/h4-10H,3H2,1-2H3,(H,22,23,24). The van der Waals surface area contributed by atoms with Gasteiger partial charge in [-0.15, -0.1) is 0 Å². The van der Waals surface area contributed by atoms with Crippen LogP contribution in [0.4, 0.5) is 19.0 Å². The lowest BCUT2D eigenvalue weighted by molar-refractivity contribution is -0.137. The summed E-state index contributed by atoms with van der Waals surface area (Å²) in [6.07, 6.45) is -4.33. The van der Waals surface area contributed by atoms with Crippen molar-refractivity contribution in [3.8, 4) is 11.1 Å². The molecule has 0 aliphatic rings. The number of nitrogens with zero attached hydrogens (tertiary/aromatic N) is 2. The highest BCUT2D eigenvalue weighted by molar-refractivity contribution is 7.99. The van der Waals surface area contributed by atoms with Crippen LogP contribution in [-0.2, 0) is 6.18 Å². The van der Waals surface area contributed by atoms with Gasteiger partial charge in [0, 0.05) is 12.4 Å². The summed E-state index contributed by atoms with van der Waals surface area (Å²) >= 11 is 1.56. The van der Waals surface area contributed by atoms with E-state index in [0.29, 0.717) is 16.5 Å². The maximum atomic E-state index is 12.7. The Balaban J connectivity index is 2.04. The molecular formula is C18H16F3N3S. The van der Waals surface area contributed by atoms with E-state index < -0.39 is 11.7 Å². The molecule has 3 nitrogen and oxygen atoms in total. The van der Waals surface area contributed by atoms with Gasteiger partial charge in [0.25, 0.3) is 0 Å². The highest BCUT2D eigenvalue weighted by Gasteiger charge is 2.29.